The van der Waals surface area contributed by atoms with Crippen molar-refractivity contribution in [1.82, 2.24) is 9.80 Å². The third kappa shape index (κ3) is 4.44. The maximum Gasteiger partial charge on any atom is 0.222 e. The highest BCUT2D eigenvalue weighted by Crippen LogP contribution is 2.19. The van der Waals surface area contributed by atoms with E-state index in [9.17, 15) is 15.0 Å². The third-order valence-corrected chi connectivity index (χ3v) is 3.99. The number of phenols is 1. The van der Waals surface area contributed by atoms with Crippen LogP contribution < -0.4 is 0 Å². The van der Waals surface area contributed by atoms with Crippen molar-refractivity contribution in [1.29, 1.82) is 0 Å². The SMILES string of the molecule is CCN(CCN1CCCC1=O)C[C@@H](O)c1cccc(O)c1. The van der Waals surface area contributed by atoms with Crippen LogP contribution >= 0.6 is 0 Å². The molecule has 1 aliphatic rings. The number of likely N-dealkylation sites (N-methyl/N-ethyl adjacent to an activating group) is 1. The highest BCUT2D eigenvalue weighted by molar-refractivity contribution is 5.78. The molecule has 5 nitrogen and oxygen atoms in total. The first-order valence-corrected chi connectivity index (χ1v) is 7.57. The van der Waals surface area contributed by atoms with E-state index in [-0.39, 0.29) is 11.7 Å². The van der Waals surface area contributed by atoms with Gasteiger partial charge in [-0.3, -0.25) is 9.69 Å². The molecule has 1 saturated heterocycles. The number of likely N-dealkylation sites (tertiary alicyclic amines) is 1. The molecule has 1 amide bonds. The highest BCUT2D eigenvalue weighted by Gasteiger charge is 2.21. The topological polar surface area (TPSA) is 64.0 Å². The van der Waals surface area contributed by atoms with Gasteiger partial charge in [0.05, 0.1) is 6.10 Å². The minimum Gasteiger partial charge on any atom is -0.508 e. The number of carbonyl (C=O) groups excluding carboxylic acids is 1. The Morgan fingerprint density at radius 1 is 1.43 bits per heavy atom. The second-order valence-electron chi connectivity index (χ2n) is 5.49. The smallest absolute Gasteiger partial charge is 0.222 e. The van der Waals surface area contributed by atoms with Gasteiger partial charge >= 0.3 is 0 Å². The van der Waals surface area contributed by atoms with Crippen LogP contribution in [0.2, 0.25) is 0 Å². The van der Waals surface area contributed by atoms with Crippen LogP contribution in [0.25, 0.3) is 0 Å². The van der Waals surface area contributed by atoms with Crippen molar-refractivity contribution >= 4 is 5.91 Å². The molecular weight excluding hydrogens is 268 g/mol. The van der Waals surface area contributed by atoms with Crippen LogP contribution in [0, 0.1) is 0 Å². The molecule has 1 aromatic carbocycles. The number of aromatic hydroxyl groups is 1. The molecule has 0 radical (unpaired) electrons. The fourth-order valence-electron chi connectivity index (χ4n) is 2.66. The number of benzene rings is 1. The van der Waals surface area contributed by atoms with Crippen molar-refractivity contribution in [2.75, 3.05) is 32.7 Å². The van der Waals surface area contributed by atoms with Crippen LogP contribution in [0.5, 0.6) is 5.75 Å². The molecule has 2 N–H and O–H groups in total. The summed E-state index contributed by atoms with van der Waals surface area (Å²) < 4.78 is 0. The number of phenolic OH excluding ortho intramolecular Hbond substituents is 1. The molecule has 0 spiro atoms. The number of carbonyl (C=O) groups is 1. The van der Waals surface area contributed by atoms with E-state index in [2.05, 4.69) is 4.90 Å². The summed E-state index contributed by atoms with van der Waals surface area (Å²) in [4.78, 5) is 15.6. The molecule has 1 aromatic rings. The number of nitrogens with zero attached hydrogens (tertiary/aromatic N) is 2. The molecule has 0 aliphatic carbocycles. The molecule has 1 fully saturated rings. The fourth-order valence-corrected chi connectivity index (χ4v) is 2.66. The Morgan fingerprint density at radius 2 is 2.24 bits per heavy atom. The number of aliphatic hydroxyl groups is 1. The molecule has 2 rings (SSSR count). The van der Waals surface area contributed by atoms with E-state index in [1.165, 1.54) is 0 Å². The summed E-state index contributed by atoms with van der Waals surface area (Å²) in [5, 5.41) is 19.7. The Kier molecular flexibility index (Phi) is 5.59. The Labute approximate surface area is 125 Å². The van der Waals surface area contributed by atoms with Gasteiger partial charge in [-0.1, -0.05) is 19.1 Å². The van der Waals surface area contributed by atoms with E-state index in [1.54, 1.807) is 18.2 Å². The van der Waals surface area contributed by atoms with Gasteiger partial charge in [0.2, 0.25) is 5.91 Å². The molecule has 1 aliphatic heterocycles. The zero-order valence-electron chi connectivity index (χ0n) is 12.5. The van der Waals surface area contributed by atoms with Gasteiger partial charge in [0.25, 0.3) is 0 Å². The quantitative estimate of drug-likeness (QED) is 0.797. The van der Waals surface area contributed by atoms with E-state index in [0.29, 0.717) is 18.5 Å². The second-order valence-corrected chi connectivity index (χ2v) is 5.49. The first kappa shape index (κ1) is 15.8. The lowest BCUT2D eigenvalue weighted by molar-refractivity contribution is -0.127. The summed E-state index contributed by atoms with van der Waals surface area (Å²) in [5.41, 5.74) is 0.714. The predicted molar refractivity (Wildman–Crippen MR) is 81.0 cm³/mol. The third-order valence-electron chi connectivity index (χ3n) is 3.99. The van der Waals surface area contributed by atoms with Gasteiger partial charge in [-0.15, -0.1) is 0 Å². The van der Waals surface area contributed by atoms with Crippen LogP contribution in [0.4, 0.5) is 0 Å². The Morgan fingerprint density at radius 3 is 2.86 bits per heavy atom. The first-order valence-electron chi connectivity index (χ1n) is 7.57. The minimum atomic E-state index is -0.633. The lowest BCUT2D eigenvalue weighted by Crippen LogP contribution is -2.37. The van der Waals surface area contributed by atoms with Crippen molar-refractivity contribution in [3.8, 4) is 5.75 Å². The van der Waals surface area contributed by atoms with Crippen molar-refractivity contribution in [2.45, 2.75) is 25.9 Å². The van der Waals surface area contributed by atoms with Crippen LogP contribution in [0.1, 0.15) is 31.4 Å². The molecule has 0 unspecified atom stereocenters. The molecule has 116 valence electrons. The van der Waals surface area contributed by atoms with Crippen molar-refractivity contribution in [2.24, 2.45) is 0 Å². The first-order chi connectivity index (χ1) is 10.1. The van der Waals surface area contributed by atoms with Gasteiger partial charge < -0.3 is 15.1 Å². The van der Waals surface area contributed by atoms with Gasteiger partial charge in [0, 0.05) is 32.6 Å². The molecule has 0 saturated carbocycles. The summed E-state index contributed by atoms with van der Waals surface area (Å²) in [6, 6.07) is 6.71. The lowest BCUT2D eigenvalue weighted by Gasteiger charge is -2.26. The summed E-state index contributed by atoms with van der Waals surface area (Å²) in [7, 11) is 0. The van der Waals surface area contributed by atoms with Gasteiger partial charge in [-0.05, 0) is 30.7 Å². The van der Waals surface area contributed by atoms with Crippen molar-refractivity contribution < 1.29 is 15.0 Å². The zero-order chi connectivity index (χ0) is 15.2. The van der Waals surface area contributed by atoms with E-state index < -0.39 is 6.10 Å². The van der Waals surface area contributed by atoms with E-state index in [4.69, 9.17) is 0 Å². The van der Waals surface area contributed by atoms with Gasteiger partial charge in [0.1, 0.15) is 5.75 Å². The van der Waals surface area contributed by atoms with Gasteiger partial charge in [0.15, 0.2) is 0 Å². The largest absolute Gasteiger partial charge is 0.508 e. The summed E-state index contributed by atoms with van der Waals surface area (Å²) in [5.74, 6) is 0.400. The number of aliphatic hydroxyl groups excluding tert-OH is 1. The van der Waals surface area contributed by atoms with Crippen LogP contribution in [0.3, 0.4) is 0 Å². The molecule has 1 atom stereocenters. The van der Waals surface area contributed by atoms with Crippen LogP contribution in [-0.2, 0) is 4.79 Å². The maximum absolute atomic E-state index is 11.6. The molecule has 0 bridgehead atoms. The van der Waals surface area contributed by atoms with Gasteiger partial charge in [-0.2, -0.15) is 0 Å². The summed E-state index contributed by atoms with van der Waals surface area (Å²) in [6.45, 7) is 5.70. The highest BCUT2D eigenvalue weighted by atomic mass is 16.3. The lowest BCUT2D eigenvalue weighted by atomic mass is 10.1. The number of hydrogen-bond donors (Lipinski definition) is 2. The maximum atomic E-state index is 11.6. The number of hydrogen-bond acceptors (Lipinski definition) is 4. The molecule has 21 heavy (non-hydrogen) atoms. The summed E-state index contributed by atoms with van der Waals surface area (Å²) in [6.07, 6.45) is 0.987. The van der Waals surface area contributed by atoms with E-state index in [0.717, 1.165) is 32.6 Å². The van der Waals surface area contributed by atoms with Crippen LogP contribution in [0.15, 0.2) is 24.3 Å². The fraction of sp³-hybridized carbons (Fsp3) is 0.562. The average Bonchev–Trinajstić information content (AvgIpc) is 2.88. The number of rotatable bonds is 7. The van der Waals surface area contributed by atoms with Crippen LogP contribution in [-0.4, -0.2) is 58.6 Å². The molecule has 0 aromatic heterocycles. The molecule has 5 heteroatoms. The predicted octanol–water partition coefficient (Wildman–Crippen LogP) is 1.37. The molecule has 1 heterocycles. The Hall–Kier alpha value is -1.59. The van der Waals surface area contributed by atoms with E-state index in [1.807, 2.05) is 17.9 Å². The van der Waals surface area contributed by atoms with Crippen molar-refractivity contribution in [3.05, 3.63) is 29.8 Å². The average molecular weight is 292 g/mol. The Balaban J connectivity index is 1.85. The minimum absolute atomic E-state index is 0.164. The van der Waals surface area contributed by atoms with Gasteiger partial charge in [-0.25, -0.2) is 0 Å². The number of amides is 1. The normalized spacial score (nSPS) is 16.7. The van der Waals surface area contributed by atoms with E-state index >= 15 is 0 Å². The summed E-state index contributed by atoms with van der Waals surface area (Å²) >= 11 is 0. The standard InChI is InChI=1S/C16H24N2O3/c1-2-17(9-10-18-8-4-7-16(18)21)12-15(20)13-5-3-6-14(19)11-13/h3,5-6,11,15,19-20H,2,4,7-10,12H2,1H3/t15-/m1/s1. The molecular formula is C16H24N2O3. The monoisotopic (exact) mass is 292 g/mol. The zero-order valence-corrected chi connectivity index (χ0v) is 12.5. The second kappa shape index (κ2) is 7.43. The van der Waals surface area contributed by atoms with Crippen molar-refractivity contribution in [3.63, 3.8) is 0 Å². The Bertz CT molecular complexity index is 478.